The highest BCUT2D eigenvalue weighted by atomic mass is 16.5. The second-order valence-corrected chi connectivity index (χ2v) is 4.43. The summed E-state index contributed by atoms with van der Waals surface area (Å²) in [5.74, 6) is 0. The molecule has 17 heavy (non-hydrogen) atoms. The van der Waals surface area contributed by atoms with E-state index in [1.807, 2.05) is 25.1 Å². The maximum atomic E-state index is 10.1. The molecule has 1 rings (SSSR count). The molecule has 3 heteroatoms. The molecule has 1 unspecified atom stereocenters. The van der Waals surface area contributed by atoms with Crippen LogP contribution in [0.5, 0.6) is 0 Å². The molecule has 0 fully saturated rings. The highest BCUT2D eigenvalue weighted by Gasteiger charge is 2.24. The van der Waals surface area contributed by atoms with Gasteiger partial charge in [0, 0.05) is 7.11 Å². The summed E-state index contributed by atoms with van der Waals surface area (Å²) < 4.78 is 10.6. The molecule has 0 aliphatic heterocycles. The van der Waals surface area contributed by atoms with Gasteiger partial charge in [-0.15, -0.1) is 0 Å². The Morgan fingerprint density at radius 2 is 1.94 bits per heavy atom. The summed E-state index contributed by atoms with van der Waals surface area (Å²) in [6.07, 6.45) is 0.620. The lowest BCUT2D eigenvalue weighted by atomic mass is 10.0. The van der Waals surface area contributed by atoms with Crippen molar-refractivity contribution in [3.8, 4) is 0 Å². The molecule has 0 bridgehead atoms. The van der Waals surface area contributed by atoms with Gasteiger partial charge in [0.05, 0.1) is 19.8 Å². The van der Waals surface area contributed by atoms with Crippen LogP contribution in [0.3, 0.4) is 0 Å². The monoisotopic (exact) mass is 238 g/mol. The molecule has 0 aliphatic rings. The third kappa shape index (κ3) is 4.46. The standard InChI is InChI=1S/C14H22O3/c1-4-14(15,10-16-3)11-17-9-13-8-6-5-7-12(13)2/h5-8,15H,4,9-11H2,1-3H3. The van der Waals surface area contributed by atoms with Gasteiger partial charge in [-0.05, 0) is 24.5 Å². The Morgan fingerprint density at radius 1 is 1.24 bits per heavy atom. The maximum absolute atomic E-state index is 10.1. The van der Waals surface area contributed by atoms with E-state index in [-0.39, 0.29) is 0 Å². The number of rotatable bonds is 7. The van der Waals surface area contributed by atoms with Crippen LogP contribution in [0, 0.1) is 6.92 Å². The van der Waals surface area contributed by atoms with Gasteiger partial charge in [-0.3, -0.25) is 0 Å². The van der Waals surface area contributed by atoms with Crippen molar-refractivity contribution in [3.63, 3.8) is 0 Å². The molecule has 0 amide bonds. The summed E-state index contributed by atoms with van der Waals surface area (Å²) in [4.78, 5) is 0. The van der Waals surface area contributed by atoms with Gasteiger partial charge in [-0.2, -0.15) is 0 Å². The first-order valence-electron chi connectivity index (χ1n) is 5.95. The Kier molecular flexibility index (Phi) is 5.62. The van der Waals surface area contributed by atoms with Crippen molar-refractivity contribution in [2.24, 2.45) is 0 Å². The molecule has 3 nitrogen and oxygen atoms in total. The van der Waals surface area contributed by atoms with Crippen molar-refractivity contribution in [1.29, 1.82) is 0 Å². The molecular formula is C14H22O3. The fourth-order valence-corrected chi connectivity index (χ4v) is 1.64. The number of hydrogen-bond donors (Lipinski definition) is 1. The number of ether oxygens (including phenoxy) is 2. The number of benzene rings is 1. The van der Waals surface area contributed by atoms with Crippen LogP contribution in [0.4, 0.5) is 0 Å². The summed E-state index contributed by atoms with van der Waals surface area (Å²) in [6, 6.07) is 8.09. The molecule has 1 aromatic carbocycles. The van der Waals surface area contributed by atoms with Gasteiger partial charge in [-0.25, -0.2) is 0 Å². The molecule has 96 valence electrons. The van der Waals surface area contributed by atoms with E-state index in [1.54, 1.807) is 7.11 Å². The van der Waals surface area contributed by atoms with E-state index in [9.17, 15) is 5.11 Å². The van der Waals surface area contributed by atoms with E-state index in [4.69, 9.17) is 9.47 Å². The second kappa shape index (κ2) is 6.74. The highest BCUT2D eigenvalue weighted by molar-refractivity contribution is 5.24. The van der Waals surface area contributed by atoms with E-state index in [0.717, 1.165) is 5.56 Å². The fraction of sp³-hybridized carbons (Fsp3) is 0.571. The quantitative estimate of drug-likeness (QED) is 0.792. The normalized spacial score (nSPS) is 14.6. The van der Waals surface area contributed by atoms with Gasteiger partial charge >= 0.3 is 0 Å². The van der Waals surface area contributed by atoms with Gasteiger partial charge in [0.1, 0.15) is 5.60 Å². The Labute approximate surface area is 103 Å². The first-order chi connectivity index (χ1) is 8.11. The van der Waals surface area contributed by atoms with E-state index in [2.05, 4.69) is 13.0 Å². The van der Waals surface area contributed by atoms with Gasteiger partial charge < -0.3 is 14.6 Å². The molecule has 0 spiro atoms. The zero-order valence-corrected chi connectivity index (χ0v) is 10.9. The summed E-state index contributed by atoms with van der Waals surface area (Å²) in [6.45, 7) is 5.11. The van der Waals surface area contributed by atoms with E-state index < -0.39 is 5.60 Å². The van der Waals surface area contributed by atoms with E-state index in [1.165, 1.54) is 5.56 Å². The minimum Gasteiger partial charge on any atom is -0.385 e. The highest BCUT2D eigenvalue weighted by Crippen LogP contribution is 2.14. The van der Waals surface area contributed by atoms with E-state index >= 15 is 0 Å². The zero-order chi connectivity index (χ0) is 12.7. The Morgan fingerprint density at radius 3 is 2.53 bits per heavy atom. The van der Waals surface area contributed by atoms with Crippen molar-refractivity contribution in [3.05, 3.63) is 35.4 Å². The fourth-order valence-electron chi connectivity index (χ4n) is 1.64. The second-order valence-electron chi connectivity index (χ2n) is 4.43. The van der Waals surface area contributed by atoms with Crippen LogP contribution in [-0.4, -0.2) is 31.0 Å². The molecule has 0 saturated heterocycles. The molecule has 0 aromatic heterocycles. The molecule has 0 heterocycles. The number of methoxy groups -OCH3 is 1. The summed E-state index contributed by atoms with van der Waals surface area (Å²) in [7, 11) is 1.59. The molecular weight excluding hydrogens is 216 g/mol. The minimum atomic E-state index is -0.878. The summed E-state index contributed by atoms with van der Waals surface area (Å²) in [5, 5.41) is 10.1. The Bertz CT molecular complexity index is 338. The first-order valence-corrected chi connectivity index (χ1v) is 5.95. The average Bonchev–Trinajstić information content (AvgIpc) is 2.32. The van der Waals surface area contributed by atoms with Crippen LogP contribution in [0.2, 0.25) is 0 Å². The topological polar surface area (TPSA) is 38.7 Å². The van der Waals surface area contributed by atoms with Crippen molar-refractivity contribution in [2.45, 2.75) is 32.5 Å². The van der Waals surface area contributed by atoms with E-state index in [0.29, 0.717) is 26.2 Å². The van der Waals surface area contributed by atoms with Crippen LogP contribution < -0.4 is 0 Å². The van der Waals surface area contributed by atoms with Gasteiger partial charge in [0.15, 0.2) is 0 Å². The zero-order valence-electron chi connectivity index (χ0n) is 10.9. The van der Waals surface area contributed by atoms with Crippen molar-refractivity contribution in [1.82, 2.24) is 0 Å². The Hall–Kier alpha value is -0.900. The molecule has 1 atom stereocenters. The molecule has 0 aliphatic carbocycles. The lowest BCUT2D eigenvalue weighted by molar-refractivity contribution is -0.0925. The van der Waals surface area contributed by atoms with Crippen molar-refractivity contribution in [2.75, 3.05) is 20.3 Å². The van der Waals surface area contributed by atoms with Crippen LogP contribution in [0.1, 0.15) is 24.5 Å². The van der Waals surface area contributed by atoms with Crippen LogP contribution >= 0.6 is 0 Å². The third-order valence-corrected chi connectivity index (χ3v) is 2.96. The lowest BCUT2D eigenvalue weighted by Gasteiger charge is -2.25. The van der Waals surface area contributed by atoms with Gasteiger partial charge in [0.2, 0.25) is 0 Å². The SMILES string of the molecule is CCC(O)(COC)COCc1ccccc1C. The minimum absolute atomic E-state index is 0.297. The van der Waals surface area contributed by atoms with Crippen LogP contribution in [-0.2, 0) is 16.1 Å². The lowest BCUT2D eigenvalue weighted by Crippen LogP contribution is -2.38. The van der Waals surface area contributed by atoms with Crippen molar-refractivity contribution < 1.29 is 14.6 Å². The largest absolute Gasteiger partial charge is 0.385 e. The van der Waals surface area contributed by atoms with Crippen LogP contribution in [0.25, 0.3) is 0 Å². The summed E-state index contributed by atoms with van der Waals surface area (Å²) in [5.41, 5.74) is 1.49. The predicted octanol–water partition coefficient (Wildman–Crippen LogP) is 2.30. The van der Waals surface area contributed by atoms with Gasteiger partial charge in [-0.1, -0.05) is 31.2 Å². The predicted molar refractivity (Wildman–Crippen MR) is 68.0 cm³/mol. The third-order valence-electron chi connectivity index (χ3n) is 2.96. The summed E-state index contributed by atoms with van der Waals surface area (Å²) >= 11 is 0. The number of aryl methyl sites for hydroxylation is 1. The molecule has 1 N–H and O–H groups in total. The number of aliphatic hydroxyl groups is 1. The molecule has 0 radical (unpaired) electrons. The average molecular weight is 238 g/mol. The number of hydrogen-bond acceptors (Lipinski definition) is 3. The maximum Gasteiger partial charge on any atom is 0.111 e. The first kappa shape index (κ1) is 14.2. The smallest absolute Gasteiger partial charge is 0.111 e. The molecule has 0 saturated carbocycles. The van der Waals surface area contributed by atoms with Crippen molar-refractivity contribution >= 4 is 0 Å². The van der Waals surface area contributed by atoms with Crippen LogP contribution in [0.15, 0.2) is 24.3 Å². The molecule has 1 aromatic rings. The van der Waals surface area contributed by atoms with Gasteiger partial charge in [0.25, 0.3) is 0 Å². The Balaban J connectivity index is 2.44.